The Labute approximate surface area is 102 Å². The van der Waals surface area contributed by atoms with Gasteiger partial charge in [-0.05, 0) is 33.4 Å². The van der Waals surface area contributed by atoms with Crippen molar-refractivity contribution in [3.63, 3.8) is 0 Å². The molecule has 5 nitrogen and oxygen atoms in total. The predicted molar refractivity (Wildman–Crippen MR) is 66.3 cm³/mol. The van der Waals surface area contributed by atoms with Crippen molar-refractivity contribution in [3.05, 3.63) is 23.2 Å². The zero-order valence-electron chi connectivity index (χ0n) is 10.9. The molecule has 5 heteroatoms. The zero-order valence-corrected chi connectivity index (χ0v) is 10.9. The first-order valence-corrected chi connectivity index (χ1v) is 5.80. The Kier molecular flexibility index (Phi) is 4.72. The van der Waals surface area contributed by atoms with Gasteiger partial charge in [-0.25, -0.2) is 5.84 Å². The van der Waals surface area contributed by atoms with E-state index in [9.17, 15) is 4.79 Å². The summed E-state index contributed by atoms with van der Waals surface area (Å²) in [7, 11) is 2.04. The Morgan fingerprint density at radius 2 is 2.29 bits per heavy atom. The molecule has 0 spiro atoms. The van der Waals surface area contributed by atoms with Crippen LogP contribution in [-0.4, -0.2) is 23.9 Å². The molecule has 17 heavy (non-hydrogen) atoms. The summed E-state index contributed by atoms with van der Waals surface area (Å²) in [5, 5.41) is 0. The van der Waals surface area contributed by atoms with Gasteiger partial charge in [0.25, 0.3) is 5.91 Å². The van der Waals surface area contributed by atoms with Crippen molar-refractivity contribution in [3.8, 4) is 0 Å². The van der Waals surface area contributed by atoms with E-state index in [2.05, 4.69) is 24.2 Å². The maximum Gasteiger partial charge on any atom is 0.268 e. The molecule has 1 atom stereocenters. The normalized spacial score (nSPS) is 12.8. The van der Waals surface area contributed by atoms with E-state index in [0.29, 0.717) is 23.9 Å². The summed E-state index contributed by atoms with van der Waals surface area (Å²) < 4.78 is 5.54. The zero-order chi connectivity index (χ0) is 13.0. The van der Waals surface area contributed by atoms with Crippen LogP contribution in [0.1, 0.15) is 42.1 Å². The van der Waals surface area contributed by atoms with Crippen molar-refractivity contribution in [1.29, 1.82) is 0 Å². The van der Waals surface area contributed by atoms with Gasteiger partial charge in [0.2, 0.25) is 0 Å². The SMILES string of the molecule is CCC(C)N(C)Cc1cc(C(=O)NN)c(C)o1. The van der Waals surface area contributed by atoms with Crippen molar-refractivity contribution in [2.75, 3.05) is 7.05 Å². The van der Waals surface area contributed by atoms with Gasteiger partial charge < -0.3 is 4.42 Å². The van der Waals surface area contributed by atoms with Gasteiger partial charge in [-0.1, -0.05) is 6.92 Å². The molecule has 0 aromatic carbocycles. The molecule has 0 fully saturated rings. The molecule has 3 N–H and O–H groups in total. The summed E-state index contributed by atoms with van der Waals surface area (Å²) >= 11 is 0. The van der Waals surface area contributed by atoms with E-state index < -0.39 is 0 Å². The van der Waals surface area contributed by atoms with Crippen molar-refractivity contribution < 1.29 is 9.21 Å². The van der Waals surface area contributed by atoms with Crippen LogP contribution in [0.5, 0.6) is 0 Å². The number of hydrogen-bond acceptors (Lipinski definition) is 4. The molecule has 0 aliphatic carbocycles. The van der Waals surface area contributed by atoms with Crippen LogP contribution < -0.4 is 11.3 Å². The maximum atomic E-state index is 11.4. The van der Waals surface area contributed by atoms with Gasteiger partial charge in [-0.3, -0.25) is 15.1 Å². The molecule has 1 rings (SSSR count). The highest BCUT2D eigenvalue weighted by atomic mass is 16.3. The number of aryl methyl sites for hydroxylation is 1. The average molecular weight is 239 g/mol. The molecule has 0 saturated carbocycles. The fourth-order valence-electron chi connectivity index (χ4n) is 1.64. The van der Waals surface area contributed by atoms with E-state index in [-0.39, 0.29) is 5.91 Å². The molecule has 0 aliphatic heterocycles. The van der Waals surface area contributed by atoms with Crippen molar-refractivity contribution in [2.45, 2.75) is 39.8 Å². The van der Waals surface area contributed by atoms with Crippen molar-refractivity contribution in [1.82, 2.24) is 10.3 Å². The lowest BCUT2D eigenvalue weighted by atomic mass is 10.2. The second-order valence-electron chi connectivity index (χ2n) is 4.33. The maximum absolute atomic E-state index is 11.4. The molecule has 1 unspecified atom stereocenters. The van der Waals surface area contributed by atoms with Crippen LogP contribution in [-0.2, 0) is 6.54 Å². The Morgan fingerprint density at radius 3 is 2.82 bits per heavy atom. The number of nitrogen functional groups attached to an aromatic ring is 1. The van der Waals surface area contributed by atoms with Crippen LogP contribution in [0, 0.1) is 6.92 Å². The standard InChI is InChI=1S/C12H21N3O2/c1-5-8(2)15(4)7-10-6-11(9(3)17-10)12(16)14-13/h6,8H,5,7,13H2,1-4H3,(H,14,16). The molecule has 0 radical (unpaired) electrons. The van der Waals surface area contributed by atoms with E-state index in [1.807, 2.05) is 7.05 Å². The van der Waals surface area contributed by atoms with Gasteiger partial charge in [0.15, 0.2) is 0 Å². The van der Waals surface area contributed by atoms with Gasteiger partial charge in [0, 0.05) is 6.04 Å². The number of carbonyl (C=O) groups excluding carboxylic acids is 1. The van der Waals surface area contributed by atoms with E-state index >= 15 is 0 Å². The second kappa shape index (κ2) is 5.84. The second-order valence-corrected chi connectivity index (χ2v) is 4.33. The van der Waals surface area contributed by atoms with Crippen LogP contribution in [0.2, 0.25) is 0 Å². The monoisotopic (exact) mass is 239 g/mol. The van der Waals surface area contributed by atoms with E-state index in [4.69, 9.17) is 10.3 Å². The Hall–Kier alpha value is -1.33. The Bertz CT molecular complexity index is 387. The fourth-order valence-corrected chi connectivity index (χ4v) is 1.64. The molecule has 1 amide bonds. The fraction of sp³-hybridized carbons (Fsp3) is 0.583. The highest BCUT2D eigenvalue weighted by Gasteiger charge is 2.16. The summed E-state index contributed by atoms with van der Waals surface area (Å²) in [5.41, 5.74) is 2.61. The minimum absolute atomic E-state index is 0.316. The molecule has 0 saturated heterocycles. The van der Waals surface area contributed by atoms with Crippen LogP contribution in [0.4, 0.5) is 0 Å². The van der Waals surface area contributed by atoms with E-state index in [0.717, 1.165) is 12.2 Å². The number of carbonyl (C=O) groups is 1. The van der Waals surface area contributed by atoms with Gasteiger partial charge >= 0.3 is 0 Å². The lowest BCUT2D eigenvalue weighted by Crippen LogP contribution is -2.30. The van der Waals surface area contributed by atoms with Crippen molar-refractivity contribution >= 4 is 5.91 Å². The quantitative estimate of drug-likeness (QED) is 0.463. The molecular weight excluding hydrogens is 218 g/mol. The highest BCUT2D eigenvalue weighted by molar-refractivity contribution is 5.94. The third-order valence-corrected chi connectivity index (χ3v) is 3.09. The smallest absolute Gasteiger partial charge is 0.268 e. The number of furan rings is 1. The van der Waals surface area contributed by atoms with Gasteiger partial charge in [0.05, 0.1) is 12.1 Å². The largest absolute Gasteiger partial charge is 0.464 e. The first-order chi connectivity index (χ1) is 7.99. The lowest BCUT2D eigenvalue weighted by molar-refractivity contribution is 0.0952. The minimum Gasteiger partial charge on any atom is -0.464 e. The molecule has 96 valence electrons. The molecule has 0 aliphatic rings. The number of hydrazine groups is 1. The molecule has 1 aromatic rings. The van der Waals surface area contributed by atoms with Gasteiger partial charge in [-0.2, -0.15) is 0 Å². The van der Waals surface area contributed by atoms with Crippen LogP contribution >= 0.6 is 0 Å². The summed E-state index contributed by atoms with van der Waals surface area (Å²) in [6, 6.07) is 2.23. The third kappa shape index (κ3) is 3.31. The number of rotatable bonds is 5. The summed E-state index contributed by atoms with van der Waals surface area (Å²) in [5.74, 6) is 6.16. The lowest BCUT2D eigenvalue weighted by Gasteiger charge is -2.21. The third-order valence-electron chi connectivity index (χ3n) is 3.09. The number of hydrogen-bond donors (Lipinski definition) is 2. The minimum atomic E-state index is -0.316. The number of nitrogens with zero attached hydrogens (tertiary/aromatic N) is 1. The average Bonchev–Trinajstić information content (AvgIpc) is 2.67. The van der Waals surface area contributed by atoms with Crippen LogP contribution in [0.15, 0.2) is 10.5 Å². The molecule has 1 heterocycles. The first-order valence-electron chi connectivity index (χ1n) is 5.80. The molecule has 0 bridgehead atoms. The highest BCUT2D eigenvalue weighted by Crippen LogP contribution is 2.17. The van der Waals surface area contributed by atoms with Crippen molar-refractivity contribution in [2.24, 2.45) is 5.84 Å². The van der Waals surface area contributed by atoms with E-state index in [1.54, 1.807) is 13.0 Å². The summed E-state index contributed by atoms with van der Waals surface area (Å²) in [4.78, 5) is 13.6. The summed E-state index contributed by atoms with van der Waals surface area (Å²) in [6.45, 7) is 6.75. The van der Waals surface area contributed by atoms with Crippen LogP contribution in [0.25, 0.3) is 0 Å². The topological polar surface area (TPSA) is 71.5 Å². The molecular formula is C12H21N3O2. The van der Waals surface area contributed by atoms with Crippen LogP contribution in [0.3, 0.4) is 0 Å². The molecule has 1 aromatic heterocycles. The first kappa shape index (κ1) is 13.7. The van der Waals surface area contributed by atoms with Gasteiger partial charge in [0.1, 0.15) is 11.5 Å². The van der Waals surface area contributed by atoms with E-state index in [1.165, 1.54) is 0 Å². The van der Waals surface area contributed by atoms with Gasteiger partial charge in [-0.15, -0.1) is 0 Å². The number of amides is 1. The number of nitrogens with two attached hydrogens (primary N) is 1. The summed E-state index contributed by atoms with van der Waals surface area (Å²) in [6.07, 6.45) is 1.08. The Balaban J connectivity index is 2.77. The Morgan fingerprint density at radius 1 is 1.65 bits per heavy atom. The number of nitrogens with one attached hydrogen (secondary N) is 1. The predicted octanol–water partition coefficient (Wildman–Crippen LogP) is 1.42.